The molecule has 3 N–H and O–H groups in total. The van der Waals surface area contributed by atoms with Crippen LogP contribution in [0.3, 0.4) is 0 Å². The highest BCUT2D eigenvalue weighted by Crippen LogP contribution is 2.55. The summed E-state index contributed by atoms with van der Waals surface area (Å²) in [5, 5.41) is 3.88. The summed E-state index contributed by atoms with van der Waals surface area (Å²) < 4.78 is 16.8. The van der Waals surface area contributed by atoms with Crippen LogP contribution < -0.4 is 5.32 Å². The number of hydrogen-bond donors (Lipinski definition) is 3. The van der Waals surface area contributed by atoms with Gasteiger partial charge >= 0.3 is 13.6 Å². The van der Waals surface area contributed by atoms with E-state index in [0.29, 0.717) is 0 Å². The van der Waals surface area contributed by atoms with Crippen molar-refractivity contribution in [3.8, 4) is 0 Å². The lowest BCUT2D eigenvalue weighted by atomic mass is 10.1. The standard InChI is InChI=1S/C15H17N2O7PS2/c1-8(18)24-6-9-7-27-15-12(13(20)17(15)14(9)25(21,22)23)16-11(19)5-10-3-2-4-26-10/h2-4,12,15H,5-7H2,1H3,(H,16,19)(H2,21,22,23)/t12-,15+/m1/s1. The van der Waals surface area contributed by atoms with Crippen molar-refractivity contribution >= 4 is 48.5 Å². The average Bonchev–Trinajstić information content (AvgIpc) is 3.08. The summed E-state index contributed by atoms with van der Waals surface area (Å²) in [4.78, 5) is 56.9. The van der Waals surface area contributed by atoms with Gasteiger partial charge in [-0.25, -0.2) is 0 Å². The van der Waals surface area contributed by atoms with Gasteiger partial charge in [0.05, 0.1) is 6.42 Å². The lowest BCUT2D eigenvalue weighted by molar-refractivity contribution is -0.145. The Morgan fingerprint density at radius 1 is 1.44 bits per heavy atom. The van der Waals surface area contributed by atoms with Crippen LogP contribution in [0.1, 0.15) is 11.8 Å². The Hall–Kier alpha value is -1.65. The SMILES string of the molecule is CC(=O)OCC1=C(P(=O)(O)O)N2C(=O)[C@@H](NC(=O)Cc3cccs3)[C@@H]2SC1. The summed E-state index contributed by atoms with van der Waals surface area (Å²) in [6.07, 6.45) is 0.137. The molecule has 0 radical (unpaired) electrons. The van der Waals surface area contributed by atoms with Gasteiger partial charge in [0.25, 0.3) is 5.91 Å². The van der Waals surface area contributed by atoms with E-state index in [9.17, 15) is 28.7 Å². The molecule has 1 fully saturated rings. The van der Waals surface area contributed by atoms with Crippen molar-refractivity contribution in [1.29, 1.82) is 0 Å². The van der Waals surface area contributed by atoms with Gasteiger partial charge in [-0.2, -0.15) is 0 Å². The molecule has 2 atom stereocenters. The van der Waals surface area contributed by atoms with E-state index in [1.165, 1.54) is 30.0 Å². The maximum atomic E-state index is 12.5. The zero-order chi connectivity index (χ0) is 19.8. The van der Waals surface area contributed by atoms with Crippen LogP contribution in [0.25, 0.3) is 0 Å². The molecule has 1 aromatic heterocycles. The Balaban J connectivity index is 1.74. The number of esters is 1. The van der Waals surface area contributed by atoms with Gasteiger partial charge in [-0.3, -0.25) is 23.8 Å². The van der Waals surface area contributed by atoms with Crippen molar-refractivity contribution in [2.24, 2.45) is 0 Å². The number of fused-ring (bicyclic) bond motifs is 1. The molecule has 3 rings (SSSR count). The molecule has 0 bridgehead atoms. The van der Waals surface area contributed by atoms with Gasteiger partial charge in [0, 0.05) is 23.1 Å². The molecule has 0 aromatic carbocycles. The van der Waals surface area contributed by atoms with Crippen molar-refractivity contribution in [2.75, 3.05) is 12.4 Å². The fraction of sp³-hybridized carbons (Fsp3) is 0.400. The lowest BCUT2D eigenvalue weighted by Crippen LogP contribution is -2.70. The molecule has 1 saturated heterocycles. The zero-order valence-electron chi connectivity index (χ0n) is 14.2. The van der Waals surface area contributed by atoms with Crippen molar-refractivity contribution in [3.05, 3.63) is 33.4 Å². The van der Waals surface area contributed by atoms with Gasteiger partial charge in [-0.05, 0) is 11.4 Å². The zero-order valence-corrected chi connectivity index (χ0v) is 16.7. The third-order valence-corrected chi connectivity index (χ3v) is 7.27. The van der Waals surface area contributed by atoms with Crippen LogP contribution in [0.5, 0.6) is 0 Å². The van der Waals surface area contributed by atoms with Gasteiger partial charge in [-0.15, -0.1) is 23.1 Å². The first-order chi connectivity index (χ1) is 12.7. The second-order valence-corrected chi connectivity index (χ2v) is 9.61. The first-order valence-electron chi connectivity index (χ1n) is 7.86. The number of carbonyl (C=O) groups is 3. The lowest BCUT2D eigenvalue weighted by Gasteiger charge is -2.50. The highest BCUT2D eigenvalue weighted by Gasteiger charge is 2.56. The number of rotatable bonds is 6. The van der Waals surface area contributed by atoms with E-state index in [1.807, 2.05) is 17.5 Å². The third kappa shape index (κ3) is 4.27. The minimum atomic E-state index is -4.77. The molecular weight excluding hydrogens is 415 g/mol. The molecule has 0 spiro atoms. The minimum absolute atomic E-state index is 0.137. The molecule has 146 valence electrons. The summed E-state index contributed by atoms with van der Waals surface area (Å²) >= 11 is 2.68. The number of thioether (sulfide) groups is 1. The molecule has 0 saturated carbocycles. The highest BCUT2D eigenvalue weighted by molar-refractivity contribution is 8.00. The average molecular weight is 432 g/mol. The predicted octanol–water partition coefficient (Wildman–Crippen LogP) is 0.643. The van der Waals surface area contributed by atoms with Crippen LogP contribution in [0.2, 0.25) is 0 Å². The smallest absolute Gasteiger partial charge is 0.372 e. The van der Waals surface area contributed by atoms with Crippen LogP contribution in [-0.2, 0) is 30.1 Å². The fourth-order valence-corrected chi connectivity index (χ4v) is 6.13. The van der Waals surface area contributed by atoms with Crippen molar-refractivity contribution in [2.45, 2.75) is 24.8 Å². The quantitative estimate of drug-likeness (QED) is 0.339. The normalized spacial score (nSPS) is 22.2. The Kier molecular flexibility index (Phi) is 5.78. The van der Waals surface area contributed by atoms with Crippen molar-refractivity contribution < 1.29 is 33.5 Å². The summed E-state index contributed by atoms with van der Waals surface area (Å²) in [5.41, 5.74) is -0.238. The Morgan fingerprint density at radius 2 is 2.19 bits per heavy atom. The number of nitrogens with one attached hydrogen (secondary N) is 1. The van der Waals surface area contributed by atoms with Gasteiger partial charge in [-0.1, -0.05) is 6.07 Å². The molecular formula is C15H17N2O7PS2. The molecule has 2 amide bonds. The third-order valence-electron chi connectivity index (χ3n) is 3.97. The van der Waals surface area contributed by atoms with E-state index >= 15 is 0 Å². The van der Waals surface area contributed by atoms with Crippen molar-refractivity contribution in [1.82, 2.24) is 10.2 Å². The number of β-lactam (4-membered cyclic amide) rings is 1. The molecule has 2 aliphatic rings. The second-order valence-electron chi connectivity index (χ2n) is 5.96. The van der Waals surface area contributed by atoms with Gasteiger partial charge in [0.15, 0.2) is 0 Å². The number of ether oxygens (including phenoxy) is 1. The molecule has 12 heteroatoms. The first kappa shape index (κ1) is 20.1. The van der Waals surface area contributed by atoms with E-state index in [-0.39, 0.29) is 30.3 Å². The number of nitrogens with zero attached hydrogens (tertiary/aromatic N) is 1. The topological polar surface area (TPSA) is 133 Å². The van der Waals surface area contributed by atoms with Crippen LogP contribution in [-0.4, -0.2) is 56.2 Å². The number of thiophene rings is 1. The van der Waals surface area contributed by atoms with Crippen LogP contribution in [0.15, 0.2) is 28.5 Å². The largest absolute Gasteiger partial charge is 0.461 e. The Bertz CT molecular complexity index is 848. The van der Waals surface area contributed by atoms with Crippen LogP contribution >= 0.6 is 30.7 Å². The minimum Gasteiger partial charge on any atom is -0.461 e. The number of hydrogen-bond acceptors (Lipinski definition) is 7. The van der Waals surface area contributed by atoms with Gasteiger partial charge in [0.2, 0.25) is 5.91 Å². The molecule has 1 aromatic rings. The fourth-order valence-electron chi connectivity index (χ4n) is 2.85. The maximum Gasteiger partial charge on any atom is 0.372 e. The van der Waals surface area contributed by atoms with E-state index in [2.05, 4.69) is 5.32 Å². The van der Waals surface area contributed by atoms with E-state index < -0.39 is 36.3 Å². The Labute approximate surface area is 162 Å². The molecule has 0 unspecified atom stereocenters. The first-order valence-corrected chi connectivity index (χ1v) is 11.4. The summed E-state index contributed by atoms with van der Waals surface area (Å²) in [5.74, 6) is -1.33. The predicted molar refractivity (Wildman–Crippen MR) is 98.7 cm³/mol. The monoisotopic (exact) mass is 432 g/mol. The summed E-state index contributed by atoms with van der Waals surface area (Å²) in [6.45, 7) is 0.888. The number of amides is 2. The summed E-state index contributed by atoms with van der Waals surface area (Å²) in [6, 6.07) is 2.78. The number of carbonyl (C=O) groups excluding carboxylic acids is 3. The van der Waals surface area contributed by atoms with E-state index in [1.54, 1.807) is 0 Å². The Morgan fingerprint density at radius 3 is 2.78 bits per heavy atom. The van der Waals surface area contributed by atoms with Crippen molar-refractivity contribution in [3.63, 3.8) is 0 Å². The molecule has 2 aliphatic heterocycles. The van der Waals surface area contributed by atoms with E-state index in [4.69, 9.17) is 4.74 Å². The van der Waals surface area contributed by atoms with Crippen LogP contribution in [0.4, 0.5) is 0 Å². The van der Waals surface area contributed by atoms with Crippen LogP contribution in [0, 0.1) is 0 Å². The molecule has 0 aliphatic carbocycles. The maximum absolute atomic E-state index is 12.5. The highest BCUT2D eigenvalue weighted by atomic mass is 32.2. The summed E-state index contributed by atoms with van der Waals surface area (Å²) in [7, 11) is -4.77. The molecule has 3 heterocycles. The molecule has 9 nitrogen and oxygen atoms in total. The van der Waals surface area contributed by atoms with E-state index in [0.717, 1.165) is 9.78 Å². The molecule has 27 heavy (non-hydrogen) atoms. The van der Waals surface area contributed by atoms with Gasteiger partial charge < -0.3 is 19.8 Å². The van der Waals surface area contributed by atoms with Gasteiger partial charge in [0.1, 0.15) is 23.5 Å². The second kappa shape index (κ2) is 7.76.